The van der Waals surface area contributed by atoms with Crippen LogP contribution in [0, 0.1) is 0 Å². The molecule has 0 amide bonds. The zero-order valence-corrected chi connectivity index (χ0v) is 11.8. The van der Waals surface area contributed by atoms with E-state index in [0.29, 0.717) is 5.52 Å². The molecule has 1 atom stereocenters. The van der Waals surface area contributed by atoms with Gasteiger partial charge in [0, 0.05) is 25.6 Å². The van der Waals surface area contributed by atoms with Crippen LogP contribution < -0.4 is 4.90 Å². The molecule has 1 N–H and O–H groups in total. The first-order chi connectivity index (χ1) is 10.2. The van der Waals surface area contributed by atoms with E-state index in [1.807, 2.05) is 0 Å². The van der Waals surface area contributed by atoms with Gasteiger partial charge in [0.25, 0.3) is 0 Å². The SMILES string of the molecule is COC1CCCN(c2ncnc3cc(C(=O)O)ccc23)C1. The van der Waals surface area contributed by atoms with Crippen LogP contribution in [0.25, 0.3) is 10.9 Å². The molecule has 110 valence electrons. The van der Waals surface area contributed by atoms with Gasteiger partial charge in [-0.2, -0.15) is 0 Å². The Morgan fingerprint density at radius 3 is 3.05 bits per heavy atom. The van der Waals surface area contributed by atoms with Gasteiger partial charge in [-0.15, -0.1) is 0 Å². The van der Waals surface area contributed by atoms with E-state index in [0.717, 1.165) is 37.1 Å². The van der Waals surface area contributed by atoms with Crippen molar-refractivity contribution < 1.29 is 14.6 Å². The van der Waals surface area contributed by atoms with Crippen molar-refractivity contribution in [1.82, 2.24) is 9.97 Å². The summed E-state index contributed by atoms with van der Waals surface area (Å²) in [6.07, 6.45) is 3.80. The fourth-order valence-electron chi connectivity index (χ4n) is 2.75. The molecule has 1 unspecified atom stereocenters. The summed E-state index contributed by atoms with van der Waals surface area (Å²) in [4.78, 5) is 21.8. The quantitative estimate of drug-likeness (QED) is 0.929. The molecule has 0 bridgehead atoms. The number of anilines is 1. The summed E-state index contributed by atoms with van der Waals surface area (Å²) in [5.41, 5.74) is 0.889. The molecule has 1 aliphatic rings. The van der Waals surface area contributed by atoms with Crippen LogP contribution in [0.5, 0.6) is 0 Å². The Labute approximate surface area is 122 Å². The fourth-order valence-corrected chi connectivity index (χ4v) is 2.75. The standard InChI is InChI=1S/C15H17N3O3/c1-21-11-3-2-6-18(8-11)14-12-5-4-10(15(19)20)7-13(12)16-9-17-14/h4-5,7,9,11H,2-3,6,8H2,1H3,(H,19,20). The summed E-state index contributed by atoms with van der Waals surface area (Å²) in [6, 6.07) is 4.96. The zero-order chi connectivity index (χ0) is 14.8. The molecular formula is C15H17N3O3. The van der Waals surface area contributed by atoms with Crippen LogP contribution in [-0.4, -0.2) is 47.3 Å². The maximum atomic E-state index is 11.0. The zero-order valence-electron chi connectivity index (χ0n) is 11.8. The van der Waals surface area contributed by atoms with E-state index >= 15 is 0 Å². The molecule has 1 aliphatic heterocycles. The third-order valence-corrected chi connectivity index (χ3v) is 3.87. The molecule has 0 radical (unpaired) electrons. The monoisotopic (exact) mass is 287 g/mol. The molecular weight excluding hydrogens is 270 g/mol. The number of benzene rings is 1. The smallest absolute Gasteiger partial charge is 0.335 e. The van der Waals surface area contributed by atoms with Gasteiger partial charge in [-0.25, -0.2) is 14.8 Å². The molecule has 6 nitrogen and oxygen atoms in total. The summed E-state index contributed by atoms with van der Waals surface area (Å²) in [5, 5.41) is 9.93. The first-order valence-corrected chi connectivity index (χ1v) is 6.95. The predicted octanol–water partition coefficient (Wildman–Crippen LogP) is 1.94. The van der Waals surface area contributed by atoms with Gasteiger partial charge in [-0.05, 0) is 31.0 Å². The Balaban J connectivity index is 2.00. The number of aromatic carboxylic acids is 1. The molecule has 2 aromatic rings. The lowest BCUT2D eigenvalue weighted by Gasteiger charge is -2.33. The van der Waals surface area contributed by atoms with Crippen molar-refractivity contribution >= 4 is 22.7 Å². The maximum Gasteiger partial charge on any atom is 0.335 e. The molecule has 1 fully saturated rings. The number of aromatic nitrogens is 2. The number of fused-ring (bicyclic) bond motifs is 1. The highest BCUT2D eigenvalue weighted by Gasteiger charge is 2.22. The molecule has 2 heterocycles. The highest BCUT2D eigenvalue weighted by molar-refractivity contribution is 5.96. The average molecular weight is 287 g/mol. The number of ether oxygens (including phenoxy) is 1. The number of methoxy groups -OCH3 is 1. The number of hydrogen-bond acceptors (Lipinski definition) is 5. The van der Waals surface area contributed by atoms with E-state index in [1.165, 1.54) is 6.33 Å². The molecule has 6 heteroatoms. The molecule has 0 spiro atoms. The second-order valence-corrected chi connectivity index (χ2v) is 5.18. The number of carbonyl (C=O) groups is 1. The van der Waals surface area contributed by atoms with E-state index < -0.39 is 5.97 Å². The lowest BCUT2D eigenvalue weighted by atomic mass is 10.1. The Kier molecular flexibility index (Phi) is 3.70. The Morgan fingerprint density at radius 2 is 2.29 bits per heavy atom. The van der Waals surface area contributed by atoms with Crippen molar-refractivity contribution in [2.45, 2.75) is 18.9 Å². The van der Waals surface area contributed by atoms with Gasteiger partial charge in [0.1, 0.15) is 12.1 Å². The van der Waals surface area contributed by atoms with Gasteiger partial charge >= 0.3 is 5.97 Å². The van der Waals surface area contributed by atoms with Gasteiger partial charge in [0.15, 0.2) is 0 Å². The fraction of sp³-hybridized carbons (Fsp3) is 0.400. The van der Waals surface area contributed by atoms with Gasteiger partial charge in [0.2, 0.25) is 0 Å². The van der Waals surface area contributed by atoms with Gasteiger partial charge < -0.3 is 14.7 Å². The van der Waals surface area contributed by atoms with E-state index in [-0.39, 0.29) is 11.7 Å². The molecule has 0 saturated carbocycles. The van der Waals surface area contributed by atoms with E-state index in [2.05, 4.69) is 14.9 Å². The van der Waals surface area contributed by atoms with Crippen molar-refractivity contribution in [2.24, 2.45) is 0 Å². The second kappa shape index (κ2) is 5.65. The second-order valence-electron chi connectivity index (χ2n) is 5.18. The lowest BCUT2D eigenvalue weighted by Crippen LogP contribution is -2.39. The van der Waals surface area contributed by atoms with E-state index in [4.69, 9.17) is 9.84 Å². The minimum Gasteiger partial charge on any atom is -0.478 e. The summed E-state index contributed by atoms with van der Waals surface area (Å²) < 4.78 is 5.44. The van der Waals surface area contributed by atoms with Gasteiger partial charge in [0.05, 0.1) is 17.2 Å². The first-order valence-electron chi connectivity index (χ1n) is 6.95. The highest BCUT2D eigenvalue weighted by atomic mass is 16.5. The third-order valence-electron chi connectivity index (χ3n) is 3.87. The Morgan fingerprint density at radius 1 is 1.43 bits per heavy atom. The van der Waals surface area contributed by atoms with Crippen molar-refractivity contribution in [3.63, 3.8) is 0 Å². The largest absolute Gasteiger partial charge is 0.478 e. The van der Waals surface area contributed by atoms with E-state index in [9.17, 15) is 4.79 Å². The van der Waals surface area contributed by atoms with Crippen molar-refractivity contribution in [2.75, 3.05) is 25.1 Å². The summed E-state index contributed by atoms with van der Waals surface area (Å²) >= 11 is 0. The van der Waals surface area contributed by atoms with Crippen LogP contribution in [0.1, 0.15) is 23.2 Å². The van der Waals surface area contributed by atoms with Crippen LogP contribution in [0.15, 0.2) is 24.5 Å². The molecule has 0 aliphatic carbocycles. The van der Waals surface area contributed by atoms with Crippen LogP contribution in [0.4, 0.5) is 5.82 Å². The van der Waals surface area contributed by atoms with Crippen molar-refractivity contribution in [3.8, 4) is 0 Å². The van der Waals surface area contributed by atoms with Crippen molar-refractivity contribution in [1.29, 1.82) is 0 Å². The Hall–Kier alpha value is -2.21. The molecule has 1 aromatic carbocycles. The molecule has 21 heavy (non-hydrogen) atoms. The number of nitrogens with zero attached hydrogens (tertiary/aromatic N) is 3. The van der Waals surface area contributed by atoms with Gasteiger partial charge in [-0.1, -0.05) is 0 Å². The highest BCUT2D eigenvalue weighted by Crippen LogP contribution is 2.26. The van der Waals surface area contributed by atoms with Crippen molar-refractivity contribution in [3.05, 3.63) is 30.1 Å². The number of piperidine rings is 1. The third kappa shape index (κ3) is 2.67. The summed E-state index contributed by atoms with van der Waals surface area (Å²) in [5.74, 6) is -0.104. The number of rotatable bonds is 3. The summed E-state index contributed by atoms with van der Waals surface area (Å²) in [6.45, 7) is 1.72. The maximum absolute atomic E-state index is 11.0. The van der Waals surface area contributed by atoms with Crippen LogP contribution in [-0.2, 0) is 4.74 Å². The predicted molar refractivity (Wildman–Crippen MR) is 78.7 cm³/mol. The topological polar surface area (TPSA) is 75.5 Å². The average Bonchev–Trinajstić information content (AvgIpc) is 2.53. The number of carboxylic acids is 1. The van der Waals surface area contributed by atoms with Crippen LogP contribution in [0.2, 0.25) is 0 Å². The molecule has 3 rings (SSSR count). The summed E-state index contributed by atoms with van der Waals surface area (Å²) in [7, 11) is 1.73. The van der Waals surface area contributed by atoms with Crippen LogP contribution in [0.3, 0.4) is 0 Å². The molecule has 1 saturated heterocycles. The van der Waals surface area contributed by atoms with E-state index in [1.54, 1.807) is 25.3 Å². The minimum atomic E-state index is -0.950. The van der Waals surface area contributed by atoms with Crippen LogP contribution >= 0.6 is 0 Å². The first kappa shape index (κ1) is 13.8. The minimum absolute atomic E-state index is 0.210. The normalized spacial score (nSPS) is 18.9. The lowest BCUT2D eigenvalue weighted by molar-refractivity contribution is 0.0697. The van der Waals surface area contributed by atoms with Gasteiger partial charge in [-0.3, -0.25) is 0 Å². The Bertz CT molecular complexity index is 674. The number of carboxylic acid groups (broad SMARTS) is 1. The molecule has 1 aromatic heterocycles. The number of hydrogen-bond donors (Lipinski definition) is 1.